The van der Waals surface area contributed by atoms with Gasteiger partial charge in [0.25, 0.3) is 0 Å². The summed E-state index contributed by atoms with van der Waals surface area (Å²) in [5.41, 5.74) is 25.6. The average molecular weight is 1230 g/mol. The van der Waals surface area contributed by atoms with Crippen molar-refractivity contribution >= 4 is 0 Å². The van der Waals surface area contributed by atoms with Gasteiger partial charge in [-0.25, -0.2) is 0 Å². The minimum atomic E-state index is 0. The lowest BCUT2D eigenvalue weighted by molar-refractivity contribution is 0.952. The Labute approximate surface area is 566 Å². The summed E-state index contributed by atoms with van der Waals surface area (Å²) in [6.45, 7) is 31.3. The van der Waals surface area contributed by atoms with Crippen LogP contribution in [0.5, 0.6) is 0 Å². The Morgan fingerprint density at radius 3 is 0.477 bits per heavy atom. The van der Waals surface area contributed by atoms with Crippen LogP contribution in [0.15, 0.2) is 109 Å². The molecule has 0 aromatic heterocycles. The molecule has 3 aliphatic rings. The maximum Gasteiger partial charge on any atom is 0.00735 e. The summed E-state index contributed by atoms with van der Waals surface area (Å²) in [6.07, 6.45) is 2.21. The van der Waals surface area contributed by atoms with Crippen LogP contribution < -0.4 is 0 Å². The van der Waals surface area contributed by atoms with Gasteiger partial charge in [0, 0.05) is 5.92 Å². The van der Waals surface area contributed by atoms with Crippen molar-refractivity contribution in [1.82, 2.24) is 0 Å². The van der Waals surface area contributed by atoms with Crippen LogP contribution >= 0.6 is 0 Å². The first-order chi connectivity index (χ1) is 26.1. The van der Waals surface area contributed by atoms with Crippen molar-refractivity contribution in [2.75, 3.05) is 0 Å². The maximum atomic E-state index is 2.33. The third-order valence-corrected chi connectivity index (χ3v) is 10.0. The lowest BCUT2D eigenvalue weighted by Crippen LogP contribution is -1.90. The molecule has 6 aromatic carbocycles. The fourth-order valence-electron chi connectivity index (χ4n) is 7.68. The monoisotopic (exact) mass is 1230 g/mol. The molecule has 0 heterocycles. The Hall–Kier alpha value is -4.68. The smallest absolute Gasteiger partial charge is 0.00735 e. The summed E-state index contributed by atoms with van der Waals surface area (Å²) in [7, 11) is 0. The predicted molar refractivity (Wildman–Crippen MR) is 458 cm³/mol. The van der Waals surface area contributed by atoms with Crippen LogP contribution in [0.2, 0.25) is 0 Å². The van der Waals surface area contributed by atoms with E-state index in [0.29, 0.717) is 5.92 Å². The Morgan fingerprint density at radius 2 is 0.326 bits per heavy atom. The zero-order valence-electron chi connectivity index (χ0n) is 36.4. The van der Waals surface area contributed by atoms with Crippen LogP contribution in [0.4, 0.5) is 0 Å². The number of aryl methyl sites for hydroxylation is 6. The van der Waals surface area contributed by atoms with Gasteiger partial charge >= 0.3 is 0 Å². The quantitative estimate of drug-likeness (QED) is 0.142. The van der Waals surface area contributed by atoms with Crippen LogP contribution in [-0.4, -0.2) is 0 Å². The lowest BCUT2D eigenvalue weighted by atomic mass is 9.97. The molecule has 0 radical (unpaired) electrons. The molecule has 0 heteroatoms. The molecule has 0 spiro atoms. The molecule has 0 saturated heterocycles. The molecule has 9 rings (SSSR count). The number of fused-ring (bicyclic) bond motifs is 9. The number of hydrogen-bond donors (Lipinski definition) is 0. The van der Waals surface area contributed by atoms with Crippen LogP contribution in [0.25, 0.3) is 33.4 Å². The second-order valence-electron chi connectivity index (χ2n) is 13.9. The maximum absolute atomic E-state index is 2.33. The highest BCUT2D eigenvalue weighted by Crippen LogP contribution is 2.45. The van der Waals surface area contributed by atoms with Gasteiger partial charge in [-0.1, -0.05) is 443 Å². The van der Waals surface area contributed by atoms with E-state index in [1.54, 1.807) is 0 Å². The van der Waals surface area contributed by atoms with Crippen LogP contribution in [0, 0.1) is 41.5 Å². The zero-order valence-corrected chi connectivity index (χ0v) is 36.4. The minimum Gasteiger partial charge on any atom is -0.0776 e. The Kier molecular flexibility index (Phi) is 224. The van der Waals surface area contributed by atoms with Crippen LogP contribution in [0.3, 0.4) is 0 Å². The van der Waals surface area contributed by atoms with Gasteiger partial charge in [-0.3, -0.25) is 0 Å². The molecule has 0 bridgehead atoms. The third kappa shape index (κ3) is 47.4. The van der Waals surface area contributed by atoms with Crippen molar-refractivity contribution in [2.45, 2.75) is 360 Å². The van der Waals surface area contributed by atoms with Gasteiger partial charge in [-0.15, -0.1) is 0 Å². The summed E-state index contributed by atoms with van der Waals surface area (Å²) >= 11 is 0. The highest BCUT2D eigenvalue weighted by Gasteiger charge is 2.25. The van der Waals surface area contributed by atoms with E-state index in [2.05, 4.69) is 158 Å². The second-order valence-corrected chi connectivity index (χ2v) is 13.9. The van der Waals surface area contributed by atoms with Crippen molar-refractivity contribution in [1.29, 1.82) is 0 Å². The van der Waals surface area contributed by atoms with E-state index in [0.717, 1.165) is 12.8 Å². The number of rotatable bonds is 0. The first-order valence-electron chi connectivity index (χ1n) is 20.7. The molecule has 0 aliphatic heterocycles. The molecule has 0 unspecified atom stereocenters. The molecular weight excluding hydrogens is 1030 g/mol. The molecule has 0 saturated carbocycles. The van der Waals surface area contributed by atoms with Gasteiger partial charge in [-0.2, -0.15) is 0 Å². The second kappa shape index (κ2) is 96.6. The topological polar surface area (TPSA) is 0 Å². The summed E-state index contributed by atoms with van der Waals surface area (Å²) in [5.74, 6) is 0.546. The van der Waals surface area contributed by atoms with E-state index >= 15 is 0 Å². The van der Waals surface area contributed by atoms with Gasteiger partial charge in [0.1, 0.15) is 0 Å². The number of benzene rings is 6. The highest BCUT2D eigenvalue weighted by molar-refractivity contribution is 5.80. The van der Waals surface area contributed by atoms with E-state index < -0.39 is 0 Å². The first-order valence-corrected chi connectivity index (χ1v) is 20.7. The average Bonchev–Trinajstić information content (AvgIpc) is 3.82. The molecule has 0 N–H and O–H groups in total. The molecule has 0 amide bonds. The summed E-state index contributed by atoms with van der Waals surface area (Å²) in [5, 5.41) is 0. The van der Waals surface area contributed by atoms with E-state index in [1.807, 2.05) is 55.4 Å². The standard InChI is InChI=1S/C16H16.2C15H14.4C2H6.32CH4/c1-10-4-6-13-14-7-5-11(2)9-16(14)12(3)15(13)8-10;2*1-10-3-5-14-12(7-10)9-13-8-11(2)4-6-15(13)14;4*1-2;;;;;;;;;;;;;;;;;;;;;;;;;;;;;;;;/h4-9,12H,1-3H3;2*3-8H,9H2,1-2H3;4*1-2H3;32*1H4. The molecule has 540 valence electrons. The van der Waals surface area contributed by atoms with E-state index in [9.17, 15) is 0 Å². The molecule has 0 atom stereocenters. The van der Waals surface area contributed by atoms with Crippen molar-refractivity contribution in [3.8, 4) is 33.4 Å². The molecule has 0 nitrogen and oxygen atoms in total. The SMILES string of the molecule is C.C.C.C.C.C.C.C.C.C.C.C.C.C.C.C.C.C.C.C.C.C.C.C.C.C.C.C.C.C.C.C.CC.CC.CC.CC.Cc1ccc2c(c1)C(C)c1cc(C)ccc1-2.Cc1ccc2c(c1)Cc1cc(C)ccc1-2.Cc1ccc2c(c1)Cc1cc(C)ccc1-2. The van der Waals surface area contributed by atoms with Crippen molar-refractivity contribution in [3.05, 3.63) is 176 Å². The van der Waals surface area contributed by atoms with Gasteiger partial charge < -0.3 is 0 Å². The first kappa shape index (κ1) is 199. The van der Waals surface area contributed by atoms with Gasteiger partial charge in [0.15, 0.2) is 0 Å². The van der Waals surface area contributed by atoms with E-state index in [1.165, 1.54) is 100 Å². The fraction of sp³-hybridized carbons (Fsp3) is 0.581. The summed E-state index contributed by atoms with van der Waals surface area (Å²) < 4.78 is 0. The molecule has 3 aliphatic carbocycles. The third-order valence-electron chi connectivity index (χ3n) is 10.0. The van der Waals surface area contributed by atoms with E-state index in [-0.39, 0.29) is 238 Å². The minimum absolute atomic E-state index is 0. The number of hydrogen-bond acceptors (Lipinski definition) is 0. The van der Waals surface area contributed by atoms with Gasteiger partial charge in [0.2, 0.25) is 0 Å². The van der Waals surface area contributed by atoms with Gasteiger partial charge in [0.05, 0.1) is 0 Å². The van der Waals surface area contributed by atoms with E-state index in [4.69, 9.17) is 0 Å². The fourth-order valence-corrected chi connectivity index (χ4v) is 7.68. The lowest BCUT2D eigenvalue weighted by Gasteiger charge is -2.07. The van der Waals surface area contributed by atoms with Crippen LogP contribution in [-0.2, 0) is 12.8 Å². The van der Waals surface area contributed by atoms with Crippen LogP contribution in [0.1, 0.15) is 373 Å². The Balaban J connectivity index is -0.0000000157. The summed E-state index contributed by atoms with van der Waals surface area (Å²) in [6, 6.07) is 40.7. The molecule has 6 aromatic rings. The largest absolute Gasteiger partial charge is 0.0776 e. The highest BCUT2D eigenvalue weighted by atomic mass is 14.3. The normalized spacial score (nSPS) is 7.15. The Morgan fingerprint density at radius 1 is 0.198 bits per heavy atom. The van der Waals surface area contributed by atoms with Crippen molar-refractivity contribution < 1.29 is 0 Å². The summed E-state index contributed by atoms with van der Waals surface area (Å²) in [4.78, 5) is 0. The zero-order chi connectivity index (χ0) is 40.1. The molecule has 86 heavy (non-hydrogen) atoms. The molecule has 0 fully saturated rings. The van der Waals surface area contributed by atoms with Gasteiger partial charge in [-0.05, 0) is 121 Å². The van der Waals surface area contributed by atoms with Crippen molar-refractivity contribution in [3.63, 3.8) is 0 Å². The molecular formula is C86H196. The predicted octanol–water partition coefficient (Wildman–Crippen LogP) is 36.6. The Bertz CT molecular complexity index is 1870. The van der Waals surface area contributed by atoms with Crippen molar-refractivity contribution in [2.24, 2.45) is 0 Å².